The molecular formula is C38H43NO5Si. The van der Waals surface area contributed by atoms with Gasteiger partial charge in [-0.3, -0.25) is 4.79 Å². The van der Waals surface area contributed by atoms with Gasteiger partial charge >= 0.3 is 6.09 Å². The molecule has 0 aliphatic heterocycles. The van der Waals surface area contributed by atoms with Crippen molar-refractivity contribution in [2.24, 2.45) is 0 Å². The van der Waals surface area contributed by atoms with Crippen LogP contribution in [0, 0.1) is 0 Å². The van der Waals surface area contributed by atoms with E-state index in [2.05, 4.69) is 98.9 Å². The van der Waals surface area contributed by atoms with Crippen molar-refractivity contribution in [3.63, 3.8) is 0 Å². The molecule has 45 heavy (non-hydrogen) atoms. The molecule has 1 aliphatic rings. The Kier molecular flexibility index (Phi) is 10.3. The average Bonchev–Trinajstić information content (AvgIpc) is 3.38. The Labute approximate surface area is 267 Å². The lowest BCUT2D eigenvalue weighted by Crippen LogP contribution is -2.66. The number of hydrogen-bond acceptors (Lipinski definition) is 5. The third-order valence-corrected chi connectivity index (χ3v) is 13.8. The maximum atomic E-state index is 13.0. The van der Waals surface area contributed by atoms with Crippen LogP contribution >= 0.6 is 0 Å². The Morgan fingerprint density at radius 2 is 1.29 bits per heavy atom. The fraction of sp³-hybridized carbons (Fsp3) is 0.316. The molecule has 1 unspecified atom stereocenters. The van der Waals surface area contributed by atoms with Crippen LogP contribution in [0.3, 0.4) is 0 Å². The van der Waals surface area contributed by atoms with Crippen LogP contribution in [0.1, 0.15) is 57.1 Å². The second-order valence-electron chi connectivity index (χ2n) is 12.6. The fourth-order valence-electron chi connectivity index (χ4n) is 6.57. The number of rotatable bonds is 13. The van der Waals surface area contributed by atoms with Crippen LogP contribution in [-0.2, 0) is 14.0 Å². The summed E-state index contributed by atoms with van der Waals surface area (Å²) in [6.45, 7) is 6.88. The molecule has 0 bridgehead atoms. The van der Waals surface area contributed by atoms with Crippen LogP contribution in [0.2, 0.25) is 5.04 Å². The molecule has 4 aromatic carbocycles. The standard InChI is InChI=1S/C38H43NO5Si/c1-38(2,3)45(28-16-6-4-7-17-28,29-18-8-5-9-19-29)44-25-15-14-24-36(41)35(26-40)39-37(42)43-27-34-32-22-12-10-20-30(32)31-21-11-13-23-33(31)34/h4-13,16-23,34-35,40H,14-15,24-27H2,1-3H3,(H,39,42). The van der Waals surface area contributed by atoms with Gasteiger partial charge in [-0.15, -0.1) is 0 Å². The van der Waals surface area contributed by atoms with Crippen LogP contribution in [-0.4, -0.2) is 51.2 Å². The largest absolute Gasteiger partial charge is 0.449 e. The molecule has 1 aliphatic carbocycles. The molecule has 0 fully saturated rings. The van der Waals surface area contributed by atoms with Crippen LogP contribution in [0.5, 0.6) is 0 Å². The van der Waals surface area contributed by atoms with Gasteiger partial charge in [-0.25, -0.2) is 4.79 Å². The number of ketones is 1. The third-order valence-electron chi connectivity index (χ3n) is 8.76. The zero-order chi connectivity index (χ0) is 31.9. The van der Waals surface area contributed by atoms with Gasteiger partial charge in [-0.05, 0) is 50.5 Å². The summed E-state index contributed by atoms with van der Waals surface area (Å²) in [6.07, 6.45) is 0.775. The second kappa shape index (κ2) is 14.4. The molecular weight excluding hydrogens is 579 g/mol. The Hall–Kier alpha value is -4.04. The van der Waals surface area contributed by atoms with E-state index < -0.39 is 27.1 Å². The molecule has 1 atom stereocenters. The van der Waals surface area contributed by atoms with E-state index in [9.17, 15) is 14.7 Å². The average molecular weight is 622 g/mol. The number of aliphatic hydroxyl groups is 1. The molecule has 4 aromatic rings. The van der Waals surface area contributed by atoms with E-state index in [1.54, 1.807) is 0 Å². The summed E-state index contributed by atoms with van der Waals surface area (Å²) in [5.74, 6) is -0.307. The van der Waals surface area contributed by atoms with Crippen molar-refractivity contribution >= 4 is 30.6 Å². The van der Waals surface area contributed by atoms with Gasteiger partial charge in [-0.2, -0.15) is 0 Å². The predicted octanol–water partition coefficient (Wildman–Crippen LogP) is 6.20. The number of benzene rings is 4. The molecule has 0 heterocycles. The first-order valence-corrected chi connectivity index (χ1v) is 17.7. The lowest BCUT2D eigenvalue weighted by atomic mass is 9.98. The van der Waals surface area contributed by atoms with Gasteiger partial charge in [0.25, 0.3) is 8.32 Å². The number of alkyl carbamates (subject to hydrolysis) is 1. The summed E-state index contributed by atoms with van der Waals surface area (Å²) in [5, 5.41) is 14.8. The molecule has 0 radical (unpaired) electrons. The first-order chi connectivity index (χ1) is 21.8. The topological polar surface area (TPSA) is 84.9 Å². The van der Waals surface area contributed by atoms with E-state index in [1.807, 2.05) is 36.4 Å². The van der Waals surface area contributed by atoms with E-state index in [4.69, 9.17) is 9.16 Å². The molecule has 1 amide bonds. The van der Waals surface area contributed by atoms with Crippen molar-refractivity contribution in [3.05, 3.63) is 120 Å². The van der Waals surface area contributed by atoms with Crippen LogP contribution < -0.4 is 15.7 Å². The summed E-state index contributed by atoms with van der Waals surface area (Å²) in [7, 11) is -2.64. The highest BCUT2D eigenvalue weighted by molar-refractivity contribution is 6.99. The number of ether oxygens (including phenoxy) is 1. The monoisotopic (exact) mass is 621 g/mol. The summed E-state index contributed by atoms with van der Waals surface area (Å²) in [5.41, 5.74) is 4.51. The minimum atomic E-state index is -2.64. The molecule has 7 heteroatoms. The van der Waals surface area contributed by atoms with E-state index in [-0.39, 0.29) is 29.8 Å². The highest BCUT2D eigenvalue weighted by Crippen LogP contribution is 2.44. The highest BCUT2D eigenvalue weighted by Gasteiger charge is 2.50. The van der Waals surface area contributed by atoms with E-state index in [1.165, 1.54) is 10.4 Å². The van der Waals surface area contributed by atoms with Gasteiger partial charge in [-0.1, -0.05) is 130 Å². The lowest BCUT2D eigenvalue weighted by Gasteiger charge is -2.43. The van der Waals surface area contributed by atoms with Crippen molar-refractivity contribution in [2.75, 3.05) is 19.8 Å². The Bertz CT molecular complexity index is 1500. The highest BCUT2D eigenvalue weighted by atomic mass is 28.4. The predicted molar refractivity (Wildman–Crippen MR) is 182 cm³/mol. The zero-order valence-electron chi connectivity index (χ0n) is 26.4. The maximum absolute atomic E-state index is 13.0. The molecule has 0 aromatic heterocycles. The Balaban J connectivity index is 1.14. The number of unbranched alkanes of at least 4 members (excludes halogenated alkanes) is 1. The number of Topliss-reactive ketones (excluding diaryl/α,β-unsaturated/α-hetero) is 1. The summed E-state index contributed by atoms with van der Waals surface area (Å²) in [4.78, 5) is 25.7. The molecule has 0 saturated heterocycles. The van der Waals surface area contributed by atoms with Crippen LogP contribution in [0.25, 0.3) is 11.1 Å². The quantitative estimate of drug-likeness (QED) is 0.137. The van der Waals surface area contributed by atoms with Gasteiger partial charge in [0.1, 0.15) is 12.6 Å². The van der Waals surface area contributed by atoms with Gasteiger partial charge in [0.15, 0.2) is 5.78 Å². The number of fused-ring (bicyclic) bond motifs is 3. The number of hydrogen-bond donors (Lipinski definition) is 2. The number of aliphatic hydroxyl groups excluding tert-OH is 1. The number of carbonyl (C=O) groups is 2. The van der Waals surface area contributed by atoms with Crippen molar-refractivity contribution in [1.82, 2.24) is 5.32 Å². The zero-order valence-corrected chi connectivity index (χ0v) is 27.4. The van der Waals surface area contributed by atoms with Gasteiger partial charge in [0.2, 0.25) is 0 Å². The van der Waals surface area contributed by atoms with Crippen molar-refractivity contribution in [2.45, 2.75) is 57.0 Å². The minimum Gasteiger partial charge on any atom is -0.449 e. The normalized spacial score (nSPS) is 13.5. The van der Waals surface area contributed by atoms with Crippen LogP contribution in [0.4, 0.5) is 4.79 Å². The van der Waals surface area contributed by atoms with Crippen molar-refractivity contribution in [3.8, 4) is 11.1 Å². The first-order valence-electron chi connectivity index (χ1n) is 15.8. The smallest absolute Gasteiger partial charge is 0.407 e. The first kappa shape index (κ1) is 32.4. The number of carbonyl (C=O) groups excluding carboxylic acids is 2. The van der Waals surface area contributed by atoms with Gasteiger partial charge < -0.3 is 19.6 Å². The van der Waals surface area contributed by atoms with E-state index in [0.717, 1.165) is 22.3 Å². The van der Waals surface area contributed by atoms with Crippen molar-refractivity contribution < 1.29 is 23.9 Å². The number of amides is 1. The third kappa shape index (κ3) is 6.96. The number of nitrogens with one attached hydrogen (secondary N) is 1. The van der Waals surface area contributed by atoms with Crippen LogP contribution in [0.15, 0.2) is 109 Å². The van der Waals surface area contributed by atoms with E-state index in [0.29, 0.717) is 19.4 Å². The SMILES string of the molecule is CC(C)(C)[Si](OCCCCC(=O)C(CO)NC(=O)OCC1c2ccccc2-c2ccccc21)(c1ccccc1)c1ccccc1. The Morgan fingerprint density at radius 1 is 0.778 bits per heavy atom. The molecule has 0 saturated carbocycles. The maximum Gasteiger partial charge on any atom is 0.407 e. The summed E-state index contributed by atoms with van der Waals surface area (Å²) < 4.78 is 12.5. The minimum absolute atomic E-state index is 0.0815. The van der Waals surface area contributed by atoms with Gasteiger partial charge in [0, 0.05) is 18.9 Å². The Morgan fingerprint density at radius 3 is 1.80 bits per heavy atom. The van der Waals surface area contributed by atoms with Gasteiger partial charge in [0.05, 0.1) is 6.61 Å². The molecule has 2 N–H and O–H groups in total. The molecule has 6 nitrogen and oxygen atoms in total. The van der Waals surface area contributed by atoms with E-state index >= 15 is 0 Å². The van der Waals surface area contributed by atoms with Crippen molar-refractivity contribution in [1.29, 1.82) is 0 Å². The molecule has 5 rings (SSSR count). The molecule has 234 valence electrons. The summed E-state index contributed by atoms with van der Waals surface area (Å²) in [6, 6.07) is 36.2. The second-order valence-corrected chi connectivity index (χ2v) is 16.9. The lowest BCUT2D eigenvalue weighted by molar-refractivity contribution is -0.122. The fourth-order valence-corrected chi connectivity index (χ4v) is 11.2. The summed E-state index contributed by atoms with van der Waals surface area (Å²) >= 11 is 0. The molecule has 0 spiro atoms.